The molecular weight excluding hydrogens is 241 g/mol. The molecule has 3 nitrogen and oxygen atoms in total. The van der Waals surface area contributed by atoms with E-state index < -0.39 is 0 Å². The summed E-state index contributed by atoms with van der Waals surface area (Å²) in [5.41, 5.74) is 1.33. The molecule has 1 saturated heterocycles. The highest BCUT2D eigenvalue weighted by molar-refractivity contribution is 5.59. The lowest BCUT2D eigenvalue weighted by Gasteiger charge is -2.12. The zero-order valence-electron chi connectivity index (χ0n) is 10.8. The van der Waals surface area contributed by atoms with Crippen molar-refractivity contribution in [1.29, 1.82) is 0 Å². The summed E-state index contributed by atoms with van der Waals surface area (Å²) in [6.07, 6.45) is 6.51. The minimum Gasteiger partial charge on any atom is -0.341 e. The van der Waals surface area contributed by atoms with Crippen LogP contribution >= 0.6 is 0 Å². The summed E-state index contributed by atoms with van der Waals surface area (Å²) >= 11 is 0. The van der Waals surface area contributed by atoms with E-state index >= 15 is 0 Å². The summed E-state index contributed by atoms with van der Waals surface area (Å²) in [4.78, 5) is 7.67. The second-order valence-electron chi connectivity index (χ2n) is 5.02. The molecule has 2 aromatic rings. The minimum absolute atomic E-state index is 0.216. The molecule has 0 spiro atoms. The number of aromatic amines is 1. The van der Waals surface area contributed by atoms with Crippen LogP contribution in [0.3, 0.4) is 0 Å². The number of rotatable bonds is 2. The molecule has 2 heterocycles. The smallest absolute Gasteiger partial charge is 0.132 e. The normalized spacial score (nSPS) is 20.2. The van der Waals surface area contributed by atoms with E-state index in [2.05, 4.69) is 15.3 Å². The van der Waals surface area contributed by atoms with E-state index in [9.17, 15) is 4.39 Å². The van der Waals surface area contributed by atoms with Gasteiger partial charge in [0, 0.05) is 5.56 Å². The molecule has 0 radical (unpaired) electrons. The maximum Gasteiger partial charge on any atom is 0.132 e. The van der Waals surface area contributed by atoms with Crippen LogP contribution in [0.1, 0.15) is 37.5 Å². The third-order valence-electron chi connectivity index (χ3n) is 3.65. The molecule has 1 aromatic heterocycles. The summed E-state index contributed by atoms with van der Waals surface area (Å²) < 4.78 is 13.7. The van der Waals surface area contributed by atoms with Crippen LogP contribution in [-0.2, 0) is 0 Å². The predicted octanol–water partition coefficient (Wildman–Crippen LogP) is 3.42. The molecule has 2 N–H and O–H groups in total. The number of nitrogens with zero attached hydrogens (tertiary/aromatic N) is 1. The van der Waals surface area contributed by atoms with E-state index in [0.717, 1.165) is 24.5 Å². The van der Waals surface area contributed by atoms with E-state index in [4.69, 9.17) is 0 Å². The van der Waals surface area contributed by atoms with E-state index in [0.29, 0.717) is 5.56 Å². The number of hydrogen-bond acceptors (Lipinski definition) is 2. The Morgan fingerprint density at radius 3 is 2.95 bits per heavy atom. The maximum atomic E-state index is 13.7. The zero-order valence-corrected chi connectivity index (χ0v) is 10.8. The molecule has 19 heavy (non-hydrogen) atoms. The average Bonchev–Trinajstić information content (AvgIpc) is 2.75. The quantitative estimate of drug-likeness (QED) is 0.867. The lowest BCUT2D eigenvalue weighted by molar-refractivity contribution is 0.512. The van der Waals surface area contributed by atoms with Crippen LogP contribution in [0.25, 0.3) is 11.3 Å². The molecule has 0 amide bonds. The molecule has 0 bridgehead atoms. The second kappa shape index (κ2) is 5.53. The SMILES string of the molecule is Fc1ccccc1-c1cnc(C2CCCCCN2)[nH]1. The molecule has 1 unspecified atom stereocenters. The number of nitrogens with one attached hydrogen (secondary N) is 2. The van der Waals surface area contributed by atoms with E-state index in [-0.39, 0.29) is 11.9 Å². The minimum atomic E-state index is -0.216. The summed E-state index contributed by atoms with van der Waals surface area (Å²) in [6.45, 7) is 1.03. The van der Waals surface area contributed by atoms with Crippen LogP contribution < -0.4 is 5.32 Å². The predicted molar refractivity (Wildman–Crippen MR) is 73.2 cm³/mol. The highest BCUT2D eigenvalue weighted by Gasteiger charge is 2.17. The van der Waals surface area contributed by atoms with Gasteiger partial charge in [0.25, 0.3) is 0 Å². The van der Waals surface area contributed by atoms with Gasteiger partial charge in [0.15, 0.2) is 0 Å². The van der Waals surface area contributed by atoms with Crippen LogP contribution in [0.4, 0.5) is 4.39 Å². The first-order chi connectivity index (χ1) is 9.34. The Kier molecular flexibility index (Phi) is 3.60. The molecule has 3 rings (SSSR count). The molecule has 1 aromatic carbocycles. The van der Waals surface area contributed by atoms with Crippen molar-refractivity contribution in [2.75, 3.05) is 6.54 Å². The number of aromatic nitrogens is 2. The Hall–Kier alpha value is -1.68. The van der Waals surface area contributed by atoms with Crippen molar-refractivity contribution in [1.82, 2.24) is 15.3 Å². The van der Waals surface area contributed by atoms with Crippen LogP contribution in [-0.4, -0.2) is 16.5 Å². The molecule has 1 aliphatic heterocycles. The van der Waals surface area contributed by atoms with Crippen LogP contribution in [0.2, 0.25) is 0 Å². The molecule has 0 saturated carbocycles. The fourth-order valence-corrected chi connectivity index (χ4v) is 2.59. The lowest BCUT2D eigenvalue weighted by atomic mass is 10.1. The van der Waals surface area contributed by atoms with Gasteiger partial charge in [-0.2, -0.15) is 0 Å². The average molecular weight is 259 g/mol. The van der Waals surface area contributed by atoms with E-state index in [1.807, 2.05) is 6.07 Å². The molecule has 1 aliphatic rings. The van der Waals surface area contributed by atoms with Gasteiger partial charge in [-0.25, -0.2) is 9.37 Å². The van der Waals surface area contributed by atoms with Crippen molar-refractivity contribution in [2.45, 2.75) is 31.7 Å². The number of imidazole rings is 1. The van der Waals surface area contributed by atoms with Gasteiger partial charge in [0.2, 0.25) is 0 Å². The summed E-state index contributed by atoms with van der Waals surface area (Å²) in [7, 11) is 0. The van der Waals surface area contributed by atoms with Crippen molar-refractivity contribution >= 4 is 0 Å². The Balaban J connectivity index is 1.85. The lowest BCUT2D eigenvalue weighted by Crippen LogP contribution is -2.21. The topological polar surface area (TPSA) is 40.7 Å². The molecule has 100 valence electrons. The Morgan fingerprint density at radius 2 is 2.05 bits per heavy atom. The summed E-state index contributed by atoms with van der Waals surface area (Å²) in [5, 5.41) is 3.49. The fraction of sp³-hybridized carbons (Fsp3) is 0.400. The number of halogens is 1. The first kappa shape index (κ1) is 12.4. The molecule has 0 aliphatic carbocycles. The largest absolute Gasteiger partial charge is 0.341 e. The third kappa shape index (κ3) is 2.68. The monoisotopic (exact) mass is 259 g/mol. The van der Waals surface area contributed by atoms with Gasteiger partial charge in [-0.15, -0.1) is 0 Å². The van der Waals surface area contributed by atoms with Crippen molar-refractivity contribution in [3.63, 3.8) is 0 Å². The van der Waals surface area contributed by atoms with Gasteiger partial charge in [-0.1, -0.05) is 25.0 Å². The van der Waals surface area contributed by atoms with Gasteiger partial charge >= 0.3 is 0 Å². The third-order valence-corrected chi connectivity index (χ3v) is 3.65. The van der Waals surface area contributed by atoms with Gasteiger partial charge < -0.3 is 10.3 Å². The highest BCUT2D eigenvalue weighted by atomic mass is 19.1. The molecular formula is C15H18FN3. The van der Waals surface area contributed by atoms with Crippen LogP contribution in [0, 0.1) is 5.82 Å². The first-order valence-corrected chi connectivity index (χ1v) is 6.88. The first-order valence-electron chi connectivity index (χ1n) is 6.88. The Morgan fingerprint density at radius 1 is 1.16 bits per heavy atom. The van der Waals surface area contributed by atoms with Crippen molar-refractivity contribution in [3.05, 3.63) is 42.1 Å². The second-order valence-corrected chi connectivity index (χ2v) is 5.02. The number of hydrogen-bond donors (Lipinski definition) is 2. The van der Waals surface area contributed by atoms with Gasteiger partial charge in [-0.3, -0.25) is 0 Å². The van der Waals surface area contributed by atoms with Gasteiger partial charge in [0.1, 0.15) is 11.6 Å². The highest BCUT2D eigenvalue weighted by Crippen LogP contribution is 2.25. The fourth-order valence-electron chi connectivity index (χ4n) is 2.59. The zero-order chi connectivity index (χ0) is 13.1. The standard InChI is InChI=1S/C15H18FN3/c16-12-7-4-3-6-11(12)14-10-18-15(19-14)13-8-2-1-5-9-17-13/h3-4,6-7,10,13,17H,1-2,5,8-9H2,(H,18,19). The summed E-state index contributed by atoms with van der Waals surface area (Å²) in [5.74, 6) is 0.701. The van der Waals surface area contributed by atoms with Crippen LogP contribution in [0.5, 0.6) is 0 Å². The Labute approximate surface area is 112 Å². The van der Waals surface area contributed by atoms with E-state index in [1.165, 1.54) is 25.3 Å². The van der Waals surface area contributed by atoms with Crippen molar-refractivity contribution in [2.24, 2.45) is 0 Å². The maximum absolute atomic E-state index is 13.7. The molecule has 1 atom stereocenters. The van der Waals surface area contributed by atoms with Crippen molar-refractivity contribution in [3.8, 4) is 11.3 Å². The van der Waals surface area contributed by atoms with Crippen LogP contribution in [0.15, 0.2) is 30.5 Å². The van der Waals surface area contributed by atoms with E-state index in [1.54, 1.807) is 18.3 Å². The molecule has 1 fully saturated rings. The van der Waals surface area contributed by atoms with Gasteiger partial charge in [0.05, 0.1) is 17.9 Å². The number of H-pyrrole nitrogens is 1. The Bertz CT molecular complexity index is 542. The molecule has 4 heteroatoms. The number of benzene rings is 1. The van der Waals surface area contributed by atoms with Gasteiger partial charge in [-0.05, 0) is 31.5 Å². The summed E-state index contributed by atoms with van der Waals surface area (Å²) in [6, 6.07) is 7.04. The van der Waals surface area contributed by atoms with Crippen molar-refractivity contribution < 1.29 is 4.39 Å².